The standard InChI is InChI=1S/C35H69NO3/c1-3-5-7-9-11-13-15-17-19-21-23-25-27-29-33(37)31-35(39,32-36)34(38)30-28-26-24-22-20-18-16-14-12-10-8-6-4-2/h39H,3-32,36H2,1-2H3. The van der Waals surface area contributed by atoms with E-state index in [-0.39, 0.29) is 24.5 Å². The van der Waals surface area contributed by atoms with Crippen molar-refractivity contribution in [2.24, 2.45) is 5.73 Å². The van der Waals surface area contributed by atoms with Gasteiger partial charge in [-0.25, -0.2) is 0 Å². The fourth-order valence-electron chi connectivity index (χ4n) is 5.58. The van der Waals surface area contributed by atoms with Crippen molar-refractivity contribution in [3.8, 4) is 0 Å². The molecule has 0 heterocycles. The monoisotopic (exact) mass is 552 g/mol. The smallest absolute Gasteiger partial charge is 0.166 e. The van der Waals surface area contributed by atoms with E-state index in [1.807, 2.05) is 0 Å². The molecule has 0 aromatic rings. The summed E-state index contributed by atoms with van der Waals surface area (Å²) in [7, 11) is 0. The minimum atomic E-state index is -1.66. The molecule has 0 spiro atoms. The average molecular weight is 552 g/mol. The fourth-order valence-corrected chi connectivity index (χ4v) is 5.58. The molecule has 0 fully saturated rings. The Labute approximate surface area is 244 Å². The number of hydrogen-bond acceptors (Lipinski definition) is 4. The summed E-state index contributed by atoms with van der Waals surface area (Å²) in [6, 6.07) is 0. The zero-order valence-corrected chi connectivity index (χ0v) is 26.6. The highest BCUT2D eigenvalue weighted by molar-refractivity contribution is 5.93. The number of hydrogen-bond donors (Lipinski definition) is 2. The van der Waals surface area contributed by atoms with Crippen LogP contribution in [-0.2, 0) is 9.59 Å². The van der Waals surface area contributed by atoms with Crippen LogP contribution in [-0.4, -0.2) is 28.8 Å². The number of rotatable bonds is 32. The SMILES string of the molecule is CCCCCCCCCCCCCCCC(=O)CC(O)(CN)C(=O)CCCCCCCCCCCCCCC. The van der Waals surface area contributed by atoms with E-state index in [9.17, 15) is 14.7 Å². The summed E-state index contributed by atoms with van der Waals surface area (Å²) in [6.45, 7) is 4.37. The van der Waals surface area contributed by atoms with Gasteiger partial charge in [0.1, 0.15) is 11.4 Å². The first-order valence-corrected chi connectivity index (χ1v) is 17.5. The van der Waals surface area contributed by atoms with Crippen LogP contribution in [0.3, 0.4) is 0 Å². The molecule has 0 radical (unpaired) electrons. The summed E-state index contributed by atoms with van der Waals surface area (Å²) in [5.74, 6) is -0.267. The third-order valence-electron chi connectivity index (χ3n) is 8.41. The molecule has 0 amide bonds. The summed E-state index contributed by atoms with van der Waals surface area (Å²) >= 11 is 0. The zero-order valence-electron chi connectivity index (χ0n) is 26.6. The Balaban J connectivity index is 3.71. The molecule has 0 aromatic heterocycles. The maximum absolute atomic E-state index is 12.6. The number of nitrogens with two attached hydrogens (primary N) is 1. The summed E-state index contributed by atoms with van der Waals surface area (Å²) in [6.07, 6.45) is 33.6. The Morgan fingerprint density at radius 3 is 1.08 bits per heavy atom. The second kappa shape index (κ2) is 28.8. The molecular formula is C35H69NO3. The van der Waals surface area contributed by atoms with E-state index >= 15 is 0 Å². The van der Waals surface area contributed by atoms with Gasteiger partial charge in [0.05, 0.1) is 0 Å². The number of Topliss-reactive ketones (excluding diaryl/α,β-unsaturated/α-hetero) is 2. The van der Waals surface area contributed by atoms with Gasteiger partial charge in [-0.15, -0.1) is 0 Å². The van der Waals surface area contributed by atoms with Crippen molar-refractivity contribution in [3.05, 3.63) is 0 Å². The molecule has 0 saturated heterocycles. The number of unbranched alkanes of at least 4 members (excludes halogenated alkanes) is 24. The lowest BCUT2D eigenvalue weighted by Gasteiger charge is -2.24. The topological polar surface area (TPSA) is 80.4 Å². The lowest BCUT2D eigenvalue weighted by molar-refractivity contribution is -0.142. The molecule has 0 aromatic carbocycles. The molecule has 1 atom stereocenters. The molecule has 0 aliphatic rings. The van der Waals surface area contributed by atoms with Crippen molar-refractivity contribution >= 4 is 11.6 Å². The van der Waals surface area contributed by atoms with Gasteiger partial charge in [-0.1, -0.05) is 168 Å². The fraction of sp³-hybridized carbons (Fsp3) is 0.943. The molecule has 4 nitrogen and oxygen atoms in total. The lowest BCUT2D eigenvalue weighted by atomic mass is 9.88. The molecule has 232 valence electrons. The maximum Gasteiger partial charge on any atom is 0.166 e. The van der Waals surface area contributed by atoms with Crippen LogP contribution >= 0.6 is 0 Å². The molecule has 39 heavy (non-hydrogen) atoms. The van der Waals surface area contributed by atoms with Gasteiger partial charge in [-0.05, 0) is 12.8 Å². The van der Waals surface area contributed by atoms with Crippen LogP contribution < -0.4 is 5.73 Å². The van der Waals surface area contributed by atoms with E-state index in [0.29, 0.717) is 12.8 Å². The molecule has 4 heteroatoms. The zero-order chi connectivity index (χ0) is 28.9. The van der Waals surface area contributed by atoms with E-state index < -0.39 is 5.60 Å². The van der Waals surface area contributed by atoms with Gasteiger partial charge >= 0.3 is 0 Å². The predicted octanol–water partition coefficient (Wildman–Crippen LogP) is 10.2. The third-order valence-corrected chi connectivity index (χ3v) is 8.41. The number of carbonyl (C=O) groups is 2. The quantitative estimate of drug-likeness (QED) is 0.0815. The van der Waals surface area contributed by atoms with Crippen molar-refractivity contribution in [2.45, 2.75) is 206 Å². The summed E-state index contributed by atoms with van der Waals surface area (Å²) in [5.41, 5.74) is 4.09. The first-order chi connectivity index (χ1) is 19.0. The van der Waals surface area contributed by atoms with Crippen LogP contribution in [0, 0.1) is 0 Å². The number of aliphatic hydroxyl groups is 1. The van der Waals surface area contributed by atoms with E-state index in [4.69, 9.17) is 5.73 Å². The summed E-state index contributed by atoms with van der Waals surface area (Å²) < 4.78 is 0. The average Bonchev–Trinajstić information content (AvgIpc) is 2.93. The minimum Gasteiger partial charge on any atom is -0.380 e. The molecule has 0 saturated carbocycles. The summed E-state index contributed by atoms with van der Waals surface area (Å²) in [4.78, 5) is 25.1. The number of ketones is 2. The van der Waals surface area contributed by atoms with Gasteiger partial charge < -0.3 is 10.8 Å². The first-order valence-electron chi connectivity index (χ1n) is 17.5. The highest BCUT2D eigenvalue weighted by Crippen LogP contribution is 2.19. The van der Waals surface area contributed by atoms with Crippen LogP contribution in [0.25, 0.3) is 0 Å². The summed E-state index contributed by atoms with van der Waals surface area (Å²) in [5, 5.41) is 10.8. The predicted molar refractivity (Wildman–Crippen MR) is 169 cm³/mol. The van der Waals surface area contributed by atoms with Crippen LogP contribution in [0.2, 0.25) is 0 Å². The molecule has 0 bridgehead atoms. The van der Waals surface area contributed by atoms with Crippen molar-refractivity contribution in [2.75, 3.05) is 6.54 Å². The molecule has 3 N–H and O–H groups in total. The largest absolute Gasteiger partial charge is 0.380 e. The number of carbonyl (C=O) groups excluding carboxylic acids is 2. The van der Waals surface area contributed by atoms with E-state index in [1.54, 1.807) is 0 Å². The van der Waals surface area contributed by atoms with Crippen LogP contribution in [0.15, 0.2) is 0 Å². The van der Waals surface area contributed by atoms with Gasteiger partial charge in [0, 0.05) is 25.8 Å². The highest BCUT2D eigenvalue weighted by Gasteiger charge is 2.35. The Bertz CT molecular complexity index is 550. The van der Waals surface area contributed by atoms with Crippen molar-refractivity contribution in [1.29, 1.82) is 0 Å². The third kappa shape index (κ3) is 24.8. The van der Waals surface area contributed by atoms with E-state index in [0.717, 1.165) is 32.1 Å². The Hall–Kier alpha value is -0.740. The van der Waals surface area contributed by atoms with Gasteiger partial charge in [0.2, 0.25) is 0 Å². The van der Waals surface area contributed by atoms with E-state index in [2.05, 4.69) is 13.8 Å². The van der Waals surface area contributed by atoms with Gasteiger partial charge in [0.15, 0.2) is 5.78 Å². The second-order valence-corrected chi connectivity index (χ2v) is 12.4. The molecule has 0 aliphatic heterocycles. The second-order valence-electron chi connectivity index (χ2n) is 12.4. The Morgan fingerprint density at radius 1 is 0.487 bits per heavy atom. The molecule has 0 rings (SSSR count). The minimum absolute atomic E-state index is 0.0234. The van der Waals surface area contributed by atoms with Crippen molar-refractivity contribution in [1.82, 2.24) is 0 Å². The van der Waals surface area contributed by atoms with Crippen molar-refractivity contribution in [3.63, 3.8) is 0 Å². The van der Waals surface area contributed by atoms with Crippen LogP contribution in [0.5, 0.6) is 0 Å². The Morgan fingerprint density at radius 2 is 0.769 bits per heavy atom. The van der Waals surface area contributed by atoms with Gasteiger partial charge in [-0.2, -0.15) is 0 Å². The van der Waals surface area contributed by atoms with Gasteiger partial charge in [0.25, 0.3) is 0 Å². The van der Waals surface area contributed by atoms with Crippen molar-refractivity contribution < 1.29 is 14.7 Å². The molecule has 1 unspecified atom stereocenters. The molecule has 0 aliphatic carbocycles. The van der Waals surface area contributed by atoms with E-state index in [1.165, 1.54) is 135 Å². The lowest BCUT2D eigenvalue weighted by Crippen LogP contribution is -2.47. The molecular weight excluding hydrogens is 482 g/mol. The first kappa shape index (κ1) is 38.3. The highest BCUT2D eigenvalue weighted by atomic mass is 16.3. The Kier molecular flexibility index (Phi) is 28.2. The maximum atomic E-state index is 12.6. The van der Waals surface area contributed by atoms with Gasteiger partial charge in [-0.3, -0.25) is 9.59 Å². The normalized spacial score (nSPS) is 13.0. The van der Waals surface area contributed by atoms with Crippen LogP contribution in [0.1, 0.15) is 200 Å². The van der Waals surface area contributed by atoms with Crippen LogP contribution in [0.4, 0.5) is 0 Å².